The number of hydrogen-bond donors (Lipinski definition) is 1. The second-order valence-electron chi connectivity index (χ2n) is 6.17. The number of aryl methyl sites for hydroxylation is 1. The quantitative estimate of drug-likeness (QED) is 0.506. The van der Waals surface area contributed by atoms with Crippen molar-refractivity contribution in [3.63, 3.8) is 0 Å². The predicted octanol–water partition coefficient (Wildman–Crippen LogP) is 3.01. The van der Waals surface area contributed by atoms with Gasteiger partial charge in [-0.2, -0.15) is 4.68 Å². The summed E-state index contributed by atoms with van der Waals surface area (Å²) in [5, 5.41) is 21.8. The Kier molecular flexibility index (Phi) is 4.89. The van der Waals surface area contributed by atoms with Crippen molar-refractivity contribution in [3.05, 3.63) is 70.0 Å². The molecule has 4 rings (SSSR count). The van der Waals surface area contributed by atoms with Gasteiger partial charge in [0.05, 0.1) is 11.4 Å². The van der Waals surface area contributed by atoms with Crippen LogP contribution in [0.3, 0.4) is 0 Å². The fraction of sp³-hybridized carbons (Fsp3) is 0.111. The topological polar surface area (TPSA) is 103 Å². The Labute approximate surface area is 172 Å². The van der Waals surface area contributed by atoms with Gasteiger partial charge in [-0.05, 0) is 60.7 Å². The summed E-state index contributed by atoms with van der Waals surface area (Å²) in [6.07, 6.45) is 0. The fourth-order valence-electron chi connectivity index (χ4n) is 2.79. The number of aromatic nitrogens is 7. The van der Waals surface area contributed by atoms with Gasteiger partial charge in [0.25, 0.3) is 5.91 Å². The monoisotopic (exact) mass is 456 g/mol. The lowest BCUT2D eigenvalue weighted by atomic mass is 10.2. The Morgan fingerprint density at radius 1 is 1.07 bits per heavy atom. The lowest BCUT2D eigenvalue weighted by Crippen LogP contribution is -2.15. The highest BCUT2D eigenvalue weighted by molar-refractivity contribution is 9.10. The molecule has 0 aliphatic heterocycles. The first-order chi connectivity index (χ1) is 13.9. The molecule has 0 saturated heterocycles. The van der Waals surface area contributed by atoms with E-state index in [4.69, 9.17) is 0 Å². The van der Waals surface area contributed by atoms with E-state index in [9.17, 15) is 9.18 Å². The molecular formula is C18H14BrFN8O. The second kappa shape index (κ2) is 7.51. The maximum Gasteiger partial charge on any atom is 0.278 e. The van der Waals surface area contributed by atoms with Crippen molar-refractivity contribution in [2.45, 2.75) is 13.8 Å². The SMILES string of the molecule is Cc1nnnn1-c1cc(NC(=O)c2nnn(-c3cccc(Br)c3)c2C)ccc1F. The summed E-state index contributed by atoms with van der Waals surface area (Å²) in [6, 6.07) is 11.6. The number of carbonyl (C=O) groups excluding carboxylic acids is 1. The van der Waals surface area contributed by atoms with E-state index in [0.717, 1.165) is 10.2 Å². The van der Waals surface area contributed by atoms with Gasteiger partial charge in [0, 0.05) is 10.2 Å². The van der Waals surface area contributed by atoms with Crippen LogP contribution in [-0.4, -0.2) is 41.1 Å². The largest absolute Gasteiger partial charge is 0.320 e. The highest BCUT2D eigenvalue weighted by atomic mass is 79.9. The third kappa shape index (κ3) is 3.63. The molecule has 1 amide bonds. The number of halogens is 2. The van der Waals surface area contributed by atoms with Crippen molar-refractivity contribution < 1.29 is 9.18 Å². The van der Waals surface area contributed by atoms with E-state index in [1.165, 1.54) is 22.9 Å². The highest BCUT2D eigenvalue weighted by Crippen LogP contribution is 2.21. The number of nitrogens with zero attached hydrogens (tertiary/aromatic N) is 7. The van der Waals surface area contributed by atoms with Crippen molar-refractivity contribution in [2.75, 3.05) is 5.32 Å². The van der Waals surface area contributed by atoms with E-state index in [-0.39, 0.29) is 11.4 Å². The smallest absolute Gasteiger partial charge is 0.278 e. The zero-order valence-corrected chi connectivity index (χ0v) is 16.9. The predicted molar refractivity (Wildman–Crippen MR) is 106 cm³/mol. The lowest BCUT2D eigenvalue weighted by molar-refractivity contribution is 0.102. The molecule has 2 aromatic carbocycles. The maximum atomic E-state index is 14.2. The van der Waals surface area contributed by atoms with Gasteiger partial charge in [0.2, 0.25) is 0 Å². The Hall–Kier alpha value is -3.47. The first-order valence-electron chi connectivity index (χ1n) is 8.48. The summed E-state index contributed by atoms with van der Waals surface area (Å²) in [5.74, 6) is -0.565. The number of rotatable bonds is 4. The molecule has 1 N–H and O–H groups in total. The Bertz CT molecular complexity index is 1220. The zero-order valence-electron chi connectivity index (χ0n) is 15.3. The molecule has 2 heterocycles. The van der Waals surface area contributed by atoms with E-state index >= 15 is 0 Å². The molecular weight excluding hydrogens is 443 g/mol. The van der Waals surface area contributed by atoms with Gasteiger partial charge in [-0.25, -0.2) is 9.07 Å². The molecule has 0 atom stereocenters. The molecule has 11 heteroatoms. The molecule has 0 fully saturated rings. The molecule has 0 radical (unpaired) electrons. The molecule has 0 saturated carbocycles. The summed E-state index contributed by atoms with van der Waals surface area (Å²) in [7, 11) is 0. The molecule has 0 spiro atoms. The summed E-state index contributed by atoms with van der Waals surface area (Å²) < 4.78 is 17.9. The van der Waals surface area contributed by atoms with E-state index in [1.807, 2.05) is 24.3 Å². The molecule has 0 bridgehead atoms. The van der Waals surface area contributed by atoms with E-state index in [0.29, 0.717) is 17.2 Å². The van der Waals surface area contributed by atoms with Crippen LogP contribution < -0.4 is 5.32 Å². The summed E-state index contributed by atoms with van der Waals surface area (Å²) >= 11 is 3.41. The third-order valence-corrected chi connectivity index (χ3v) is 4.71. The minimum Gasteiger partial charge on any atom is -0.320 e. The summed E-state index contributed by atoms with van der Waals surface area (Å²) in [6.45, 7) is 3.39. The van der Waals surface area contributed by atoms with Gasteiger partial charge in [0.1, 0.15) is 11.5 Å². The van der Waals surface area contributed by atoms with Crippen LogP contribution in [-0.2, 0) is 0 Å². The fourth-order valence-corrected chi connectivity index (χ4v) is 3.18. The van der Waals surface area contributed by atoms with Crippen molar-refractivity contribution >= 4 is 27.5 Å². The van der Waals surface area contributed by atoms with Crippen LogP contribution >= 0.6 is 15.9 Å². The second-order valence-corrected chi connectivity index (χ2v) is 7.09. The molecule has 0 unspecified atom stereocenters. The van der Waals surface area contributed by atoms with Crippen molar-refractivity contribution in [2.24, 2.45) is 0 Å². The van der Waals surface area contributed by atoms with Gasteiger partial charge >= 0.3 is 0 Å². The van der Waals surface area contributed by atoms with Gasteiger partial charge < -0.3 is 5.32 Å². The standard InChI is InChI=1S/C18H14BrFN8O/c1-10-17(23-25-27(10)14-5-3-4-12(19)8-14)18(29)21-13-6-7-15(20)16(9-13)28-11(2)22-24-26-28/h3-9H,1-2H3,(H,21,29). The van der Waals surface area contributed by atoms with Gasteiger partial charge in [0.15, 0.2) is 11.5 Å². The van der Waals surface area contributed by atoms with Crippen LogP contribution in [0.15, 0.2) is 46.9 Å². The Morgan fingerprint density at radius 2 is 1.90 bits per heavy atom. The Morgan fingerprint density at radius 3 is 2.62 bits per heavy atom. The molecule has 0 aliphatic rings. The van der Waals surface area contributed by atoms with Gasteiger partial charge in [-0.1, -0.05) is 27.2 Å². The number of tetrazole rings is 1. The number of carbonyl (C=O) groups is 1. The van der Waals surface area contributed by atoms with Crippen LogP contribution in [0.5, 0.6) is 0 Å². The zero-order chi connectivity index (χ0) is 20.5. The van der Waals surface area contributed by atoms with Crippen molar-refractivity contribution in [1.82, 2.24) is 35.2 Å². The first-order valence-corrected chi connectivity index (χ1v) is 9.28. The van der Waals surface area contributed by atoms with Crippen LogP contribution in [0.4, 0.5) is 10.1 Å². The highest BCUT2D eigenvalue weighted by Gasteiger charge is 2.19. The summed E-state index contributed by atoms with van der Waals surface area (Å²) in [4.78, 5) is 12.7. The minimum atomic E-state index is -0.518. The minimum absolute atomic E-state index is 0.125. The number of anilines is 1. The summed E-state index contributed by atoms with van der Waals surface area (Å²) in [5.41, 5.74) is 1.99. The average Bonchev–Trinajstić information content (AvgIpc) is 3.29. The van der Waals surface area contributed by atoms with Crippen LogP contribution in [0, 0.1) is 19.7 Å². The Balaban J connectivity index is 1.62. The van der Waals surface area contributed by atoms with Crippen molar-refractivity contribution in [3.8, 4) is 11.4 Å². The number of benzene rings is 2. The van der Waals surface area contributed by atoms with Crippen LogP contribution in [0.25, 0.3) is 11.4 Å². The van der Waals surface area contributed by atoms with E-state index in [2.05, 4.69) is 47.1 Å². The molecule has 0 aliphatic carbocycles. The first kappa shape index (κ1) is 18.9. The lowest BCUT2D eigenvalue weighted by Gasteiger charge is -2.08. The molecule has 2 aromatic heterocycles. The van der Waals surface area contributed by atoms with E-state index in [1.54, 1.807) is 18.5 Å². The van der Waals surface area contributed by atoms with Crippen molar-refractivity contribution in [1.29, 1.82) is 0 Å². The molecule has 146 valence electrons. The van der Waals surface area contributed by atoms with Gasteiger partial charge in [-0.3, -0.25) is 4.79 Å². The van der Waals surface area contributed by atoms with Gasteiger partial charge in [-0.15, -0.1) is 10.2 Å². The average molecular weight is 457 g/mol. The molecule has 9 nitrogen and oxygen atoms in total. The normalized spacial score (nSPS) is 10.9. The third-order valence-electron chi connectivity index (χ3n) is 4.22. The van der Waals surface area contributed by atoms with Crippen LogP contribution in [0.1, 0.15) is 22.0 Å². The number of amides is 1. The van der Waals surface area contributed by atoms with E-state index < -0.39 is 11.7 Å². The maximum absolute atomic E-state index is 14.2. The molecule has 29 heavy (non-hydrogen) atoms. The number of hydrogen-bond acceptors (Lipinski definition) is 6. The number of nitrogens with one attached hydrogen (secondary N) is 1. The van der Waals surface area contributed by atoms with Crippen LogP contribution in [0.2, 0.25) is 0 Å². The molecule has 4 aromatic rings.